The van der Waals surface area contributed by atoms with Crippen LogP contribution in [-0.2, 0) is 4.79 Å². The number of aromatic nitrogens is 2. The van der Waals surface area contributed by atoms with Crippen molar-refractivity contribution >= 4 is 5.91 Å². The van der Waals surface area contributed by atoms with E-state index in [0.717, 1.165) is 5.69 Å². The Labute approximate surface area is 102 Å². The average molecular weight is 236 g/mol. The summed E-state index contributed by atoms with van der Waals surface area (Å²) in [5, 5.41) is 5.96. The molecule has 2 N–H and O–H groups in total. The van der Waals surface area contributed by atoms with E-state index in [1.54, 1.807) is 18.6 Å². The number of hydrogen-bond donors (Lipinski definition) is 2. The molecule has 1 heterocycles. The Morgan fingerprint density at radius 1 is 1.35 bits per heavy atom. The van der Waals surface area contributed by atoms with Crippen molar-refractivity contribution in [2.45, 2.75) is 26.8 Å². The maximum Gasteiger partial charge on any atom is 0.233 e. The van der Waals surface area contributed by atoms with E-state index in [1.165, 1.54) is 0 Å². The van der Waals surface area contributed by atoms with Crippen LogP contribution in [0.3, 0.4) is 0 Å². The molecule has 0 aromatic carbocycles. The van der Waals surface area contributed by atoms with Crippen LogP contribution in [0.15, 0.2) is 18.6 Å². The molecule has 1 rings (SSSR count). The van der Waals surface area contributed by atoms with E-state index < -0.39 is 0 Å². The van der Waals surface area contributed by atoms with E-state index in [9.17, 15) is 4.79 Å². The standard InChI is InChI=1S/C12H20N4O/c1-9(2)6-16-12(17)8-15-10(3)11-7-13-4-5-14-11/h4-5,7,9-10,15H,6,8H2,1-3H3,(H,16,17). The molecule has 1 atom stereocenters. The summed E-state index contributed by atoms with van der Waals surface area (Å²) in [6, 6.07) is 0.0218. The molecule has 1 aromatic heterocycles. The summed E-state index contributed by atoms with van der Waals surface area (Å²) >= 11 is 0. The number of carbonyl (C=O) groups excluding carboxylic acids is 1. The van der Waals surface area contributed by atoms with Gasteiger partial charge >= 0.3 is 0 Å². The number of amides is 1. The predicted molar refractivity (Wildman–Crippen MR) is 66.3 cm³/mol. The van der Waals surface area contributed by atoms with Gasteiger partial charge < -0.3 is 10.6 Å². The lowest BCUT2D eigenvalue weighted by Gasteiger charge is -2.13. The van der Waals surface area contributed by atoms with Crippen LogP contribution in [0.25, 0.3) is 0 Å². The van der Waals surface area contributed by atoms with E-state index in [0.29, 0.717) is 19.0 Å². The van der Waals surface area contributed by atoms with Crippen molar-refractivity contribution in [1.29, 1.82) is 0 Å². The Balaban J connectivity index is 2.29. The van der Waals surface area contributed by atoms with Crippen molar-refractivity contribution < 1.29 is 4.79 Å². The number of hydrogen-bond acceptors (Lipinski definition) is 4. The minimum absolute atomic E-state index is 0.00874. The van der Waals surface area contributed by atoms with E-state index in [-0.39, 0.29) is 11.9 Å². The van der Waals surface area contributed by atoms with Crippen molar-refractivity contribution in [3.63, 3.8) is 0 Å². The summed E-state index contributed by atoms with van der Waals surface area (Å²) in [6.07, 6.45) is 4.97. The number of rotatable bonds is 6. The Morgan fingerprint density at radius 3 is 2.71 bits per heavy atom. The van der Waals surface area contributed by atoms with Crippen LogP contribution in [0.2, 0.25) is 0 Å². The molecule has 1 amide bonds. The van der Waals surface area contributed by atoms with E-state index in [4.69, 9.17) is 0 Å². The first-order chi connectivity index (χ1) is 8.09. The smallest absolute Gasteiger partial charge is 0.233 e. The zero-order valence-electron chi connectivity index (χ0n) is 10.6. The molecule has 0 radical (unpaired) electrons. The molecule has 0 spiro atoms. The third kappa shape index (κ3) is 5.40. The normalized spacial score (nSPS) is 12.5. The predicted octanol–water partition coefficient (Wildman–Crippen LogP) is 0.899. The molecule has 0 saturated carbocycles. The summed E-state index contributed by atoms with van der Waals surface area (Å²) in [4.78, 5) is 19.6. The number of nitrogens with zero attached hydrogens (tertiary/aromatic N) is 2. The van der Waals surface area contributed by atoms with Crippen molar-refractivity contribution in [1.82, 2.24) is 20.6 Å². The summed E-state index contributed by atoms with van der Waals surface area (Å²) in [5.41, 5.74) is 0.837. The van der Waals surface area contributed by atoms with Gasteiger partial charge in [-0.3, -0.25) is 14.8 Å². The SMILES string of the molecule is CC(C)CNC(=O)CNC(C)c1cnccn1. The second kappa shape index (κ2) is 6.96. The van der Waals surface area contributed by atoms with Crippen LogP contribution >= 0.6 is 0 Å². The highest BCUT2D eigenvalue weighted by molar-refractivity contribution is 5.78. The minimum Gasteiger partial charge on any atom is -0.355 e. The summed E-state index contributed by atoms with van der Waals surface area (Å²) in [7, 11) is 0. The first-order valence-corrected chi connectivity index (χ1v) is 5.85. The highest BCUT2D eigenvalue weighted by atomic mass is 16.1. The van der Waals surface area contributed by atoms with E-state index >= 15 is 0 Å². The van der Waals surface area contributed by atoms with Gasteiger partial charge in [0.2, 0.25) is 5.91 Å². The summed E-state index contributed by atoms with van der Waals surface area (Å²) in [5.74, 6) is 0.478. The maximum absolute atomic E-state index is 11.5. The van der Waals surface area contributed by atoms with Crippen molar-refractivity contribution in [3.8, 4) is 0 Å². The first-order valence-electron chi connectivity index (χ1n) is 5.85. The molecular formula is C12H20N4O. The summed E-state index contributed by atoms with van der Waals surface area (Å²) in [6.45, 7) is 7.09. The van der Waals surface area contributed by atoms with Gasteiger partial charge in [0.15, 0.2) is 0 Å². The van der Waals surface area contributed by atoms with Crippen LogP contribution < -0.4 is 10.6 Å². The first kappa shape index (κ1) is 13.6. The quantitative estimate of drug-likeness (QED) is 0.770. The Bertz CT molecular complexity index is 340. The zero-order valence-corrected chi connectivity index (χ0v) is 10.6. The van der Waals surface area contributed by atoms with Gasteiger partial charge in [0.1, 0.15) is 0 Å². The molecule has 17 heavy (non-hydrogen) atoms. The molecule has 0 aliphatic heterocycles. The van der Waals surface area contributed by atoms with E-state index in [2.05, 4.69) is 34.4 Å². The lowest BCUT2D eigenvalue weighted by molar-refractivity contribution is -0.120. The molecule has 1 unspecified atom stereocenters. The second-order valence-corrected chi connectivity index (χ2v) is 4.43. The lowest BCUT2D eigenvalue weighted by atomic mass is 10.2. The Hall–Kier alpha value is -1.49. The largest absolute Gasteiger partial charge is 0.355 e. The van der Waals surface area contributed by atoms with Crippen LogP contribution in [0.1, 0.15) is 32.5 Å². The van der Waals surface area contributed by atoms with Crippen LogP contribution in [0.4, 0.5) is 0 Å². The van der Waals surface area contributed by atoms with Crippen molar-refractivity contribution in [2.24, 2.45) is 5.92 Å². The lowest BCUT2D eigenvalue weighted by Crippen LogP contribution is -2.36. The fourth-order valence-corrected chi connectivity index (χ4v) is 1.27. The fourth-order valence-electron chi connectivity index (χ4n) is 1.27. The van der Waals surface area contributed by atoms with Gasteiger partial charge in [-0.2, -0.15) is 0 Å². The topological polar surface area (TPSA) is 66.9 Å². The maximum atomic E-state index is 11.5. The fraction of sp³-hybridized carbons (Fsp3) is 0.583. The Kier molecular flexibility index (Phi) is 5.56. The second-order valence-electron chi connectivity index (χ2n) is 4.43. The van der Waals surface area contributed by atoms with Gasteiger partial charge in [-0.15, -0.1) is 0 Å². The summed E-state index contributed by atoms with van der Waals surface area (Å²) < 4.78 is 0. The molecule has 5 nitrogen and oxygen atoms in total. The minimum atomic E-state index is 0.00874. The molecule has 0 aliphatic rings. The zero-order chi connectivity index (χ0) is 12.7. The molecule has 0 bridgehead atoms. The number of nitrogens with one attached hydrogen (secondary N) is 2. The third-order valence-corrected chi connectivity index (χ3v) is 2.30. The average Bonchev–Trinajstić information content (AvgIpc) is 2.34. The van der Waals surface area contributed by atoms with Crippen LogP contribution in [-0.4, -0.2) is 29.0 Å². The molecule has 0 saturated heterocycles. The van der Waals surface area contributed by atoms with Gasteiger partial charge in [0.25, 0.3) is 0 Å². The molecular weight excluding hydrogens is 216 g/mol. The molecule has 1 aromatic rings. The van der Waals surface area contributed by atoms with Crippen molar-refractivity contribution in [2.75, 3.05) is 13.1 Å². The van der Waals surface area contributed by atoms with Gasteiger partial charge in [0, 0.05) is 31.2 Å². The highest BCUT2D eigenvalue weighted by Gasteiger charge is 2.08. The van der Waals surface area contributed by atoms with Gasteiger partial charge in [-0.05, 0) is 12.8 Å². The Morgan fingerprint density at radius 2 is 2.12 bits per heavy atom. The molecule has 0 fully saturated rings. The monoisotopic (exact) mass is 236 g/mol. The van der Waals surface area contributed by atoms with Gasteiger partial charge in [-0.1, -0.05) is 13.8 Å². The molecule has 5 heteroatoms. The van der Waals surface area contributed by atoms with E-state index in [1.807, 2.05) is 6.92 Å². The van der Waals surface area contributed by atoms with Crippen molar-refractivity contribution in [3.05, 3.63) is 24.3 Å². The van der Waals surface area contributed by atoms with Crippen LogP contribution in [0, 0.1) is 5.92 Å². The van der Waals surface area contributed by atoms with Gasteiger partial charge in [-0.25, -0.2) is 0 Å². The molecule has 94 valence electrons. The third-order valence-electron chi connectivity index (χ3n) is 2.30. The van der Waals surface area contributed by atoms with Crippen LogP contribution in [0.5, 0.6) is 0 Å². The molecule has 0 aliphatic carbocycles. The van der Waals surface area contributed by atoms with Gasteiger partial charge in [0.05, 0.1) is 12.2 Å². The highest BCUT2D eigenvalue weighted by Crippen LogP contribution is 2.05. The number of carbonyl (C=O) groups is 1.